The Balaban J connectivity index is 1.61. The highest BCUT2D eigenvalue weighted by atomic mass is 79.9. The third kappa shape index (κ3) is 4.81. The molecule has 4 aromatic rings. The highest BCUT2D eigenvalue weighted by Gasteiger charge is 2.16. The van der Waals surface area contributed by atoms with E-state index in [-0.39, 0.29) is 18.1 Å². The van der Waals surface area contributed by atoms with E-state index in [1.165, 1.54) is 0 Å². The summed E-state index contributed by atoms with van der Waals surface area (Å²) < 4.78 is 12.1. The Hall–Kier alpha value is -3.65. The van der Waals surface area contributed by atoms with Crippen molar-refractivity contribution < 1.29 is 14.3 Å². The second kappa shape index (κ2) is 9.65. The fourth-order valence-corrected chi connectivity index (χ4v) is 3.68. The van der Waals surface area contributed by atoms with Crippen molar-refractivity contribution in [3.8, 4) is 22.9 Å². The molecule has 0 radical (unpaired) electrons. The van der Waals surface area contributed by atoms with Gasteiger partial charge in [0.15, 0.2) is 18.1 Å². The van der Waals surface area contributed by atoms with Crippen LogP contribution in [0.2, 0.25) is 0 Å². The van der Waals surface area contributed by atoms with Gasteiger partial charge in [-0.15, -0.1) is 0 Å². The molecule has 0 saturated carbocycles. The van der Waals surface area contributed by atoms with E-state index in [2.05, 4.69) is 31.2 Å². The number of hydrogen-bond donors (Lipinski definition) is 2. The standard InChI is InChI=1S/C24H20BrN3O4/c1-2-31-20-12-17(23-27-19-11-7-6-10-16(19)24(30)28-23)18(25)13-21(20)32-14-22(29)26-15-8-4-3-5-9-15/h3-13H,2,14H2,1H3,(H,26,29)(H,27,28,30). The molecule has 3 aromatic carbocycles. The zero-order valence-electron chi connectivity index (χ0n) is 17.2. The summed E-state index contributed by atoms with van der Waals surface area (Å²) in [7, 11) is 0. The smallest absolute Gasteiger partial charge is 0.262 e. The van der Waals surface area contributed by atoms with Crippen molar-refractivity contribution in [2.45, 2.75) is 6.92 Å². The van der Waals surface area contributed by atoms with Crippen molar-refractivity contribution in [1.29, 1.82) is 0 Å². The number of nitrogens with zero attached hydrogens (tertiary/aromatic N) is 1. The Morgan fingerprint density at radius 1 is 1.03 bits per heavy atom. The third-order valence-electron chi connectivity index (χ3n) is 4.62. The molecule has 0 atom stereocenters. The van der Waals surface area contributed by atoms with Crippen molar-refractivity contribution in [1.82, 2.24) is 9.97 Å². The predicted molar refractivity (Wildman–Crippen MR) is 127 cm³/mol. The molecule has 0 aliphatic rings. The average molecular weight is 494 g/mol. The van der Waals surface area contributed by atoms with E-state index in [0.29, 0.717) is 50.6 Å². The molecule has 0 spiro atoms. The summed E-state index contributed by atoms with van der Waals surface area (Å²) in [5.74, 6) is 0.942. The van der Waals surface area contributed by atoms with E-state index >= 15 is 0 Å². The summed E-state index contributed by atoms with van der Waals surface area (Å²) in [5.41, 5.74) is 1.69. The fourth-order valence-electron chi connectivity index (χ4n) is 3.17. The highest BCUT2D eigenvalue weighted by molar-refractivity contribution is 9.10. The number of anilines is 1. The van der Waals surface area contributed by atoms with Crippen molar-refractivity contribution in [3.63, 3.8) is 0 Å². The van der Waals surface area contributed by atoms with Gasteiger partial charge >= 0.3 is 0 Å². The van der Waals surface area contributed by atoms with E-state index in [1.807, 2.05) is 31.2 Å². The molecule has 1 aromatic heterocycles. The summed E-state index contributed by atoms with van der Waals surface area (Å²) in [6.45, 7) is 2.06. The van der Waals surface area contributed by atoms with Gasteiger partial charge in [0.05, 0.1) is 17.5 Å². The second-order valence-electron chi connectivity index (χ2n) is 6.85. The van der Waals surface area contributed by atoms with E-state index < -0.39 is 0 Å². The first-order valence-corrected chi connectivity index (χ1v) is 10.8. The number of halogens is 1. The van der Waals surface area contributed by atoms with Crippen LogP contribution in [-0.4, -0.2) is 29.1 Å². The Bertz CT molecular complexity index is 1320. The van der Waals surface area contributed by atoms with Gasteiger partial charge in [0, 0.05) is 15.7 Å². The molecule has 0 unspecified atom stereocenters. The van der Waals surface area contributed by atoms with Crippen LogP contribution in [0, 0.1) is 0 Å². The van der Waals surface area contributed by atoms with Crippen LogP contribution >= 0.6 is 15.9 Å². The Morgan fingerprint density at radius 2 is 1.75 bits per heavy atom. The monoisotopic (exact) mass is 493 g/mol. The van der Waals surface area contributed by atoms with Crippen LogP contribution in [0.1, 0.15) is 6.92 Å². The number of carbonyl (C=O) groups is 1. The van der Waals surface area contributed by atoms with Gasteiger partial charge < -0.3 is 19.8 Å². The second-order valence-corrected chi connectivity index (χ2v) is 7.70. The molecule has 0 saturated heterocycles. The summed E-state index contributed by atoms with van der Waals surface area (Å²) in [4.78, 5) is 32.1. The normalized spacial score (nSPS) is 10.7. The molecule has 32 heavy (non-hydrogen) atoms. The molecule has 7 nitrogen and oxygen atoms in total. The number of amides is 1. The number of fused-ring (bicyclic) bond motifs is 1. The Kier molecular flexibility index (Phi) is 6.51. The number of benzene rings is 3. The number of aromatic amines is 1. The van der Waals surface area contributed by atoms with Crippen molar-refractivity contribution in [2.75, 3.05) is 18.5 Å². The number of rotatable bonds is 7. The molecule has 2 N–H and O–H groups in total. The van der Waals surface area contributed by atoms with Crippen LogP contribution in [0.4, 0.5) is 5.69 Å². The molecule has 0 bridgehead atoms. The van der Waals surface area contributed by atoms with Crippen LogP contribution in [0.25, 0.3) is 22.3 Å². The zero-order valence-corrected chi connectivity index (χ0v) is 18.8. The van der Waals surface area contributed by atoms with Gasteiger partial charge in [-0.3, -0.25) is 9.59 Å². The number of carbonyl (C=O) groups excluding carboxylic acids is 1. The van der Waals surface area contributed by atoms with Gasteiger partial charge in [-0.25, -0.2) is 4.98 Å². The number of ether oxygens (including phenoxy) is 2. The third-order valence-corrected chi connectivity index (χ3v) is 5.27. The predicted octanol–water partition coefficient (Wildman–Crippen LogP) is 4.77. The SMILES string of the molecule is CCOc1cc(-c2nc3ccccc3c(=O)[nH]2)c(Br)cc1OCC(=O)Nc1ccccc1. The summed E-state index contributed by atoms with van der Waals surface area (Å²) in [6, 6.07) is 19.7. The van der Waals surface area contributed by atoms with E-state index in [0.717, 1.165) is 0 Å². The first-order chi connectivity index (χ1) is 15.5. The molecule has 1 heterocycles. The lowest BCUT2D eigenvalue weighted by molar-refractivity contribution is -0.118. The van der Waals surface area contributed by atoms with E-state index in [1.54, 1.807) is 42.5 Å². The Labute approximate surface area is 192 Å². The maximum absolute atomic E-state index is 12.5. The largest absolute Gasteiger partial charge is 0.490 e. The van der Waals surface area contributed by atoms with Crippen molar-refractivity contribution in [3.05, 3.63) is 81.6 Å². The van der Waals surface area contributed by atoms with Gasteiger partial charge in [-0.05, 0) is 59.3 Å². The van der Waals surface area contributed by atoms with Gasteiger partial charge in [0.25, 0.3) is 11.5 Å². The first kappa shape index (κ1) is 21.6. The van der Waals surface area contributed by atoms with E-state index in [4.69, 9.17) is 9.47 Å². The Morgan fingerprint density at radius 3 is 2.53 bits per heavy atom. The van der Waals surface area contributed by atoms with Crippen molar-refractivity contribution >= 4 is 38.4 Å². The van der Waals surface area contributed by atoms with Crippen LogP contribution in [0.5, 0.6) is 11.5 Å². The number of H-pyrrole nitrogens is 1. The average Bonchev–Trinajstić information content (AvgIpc) is 2.80. The molecule has 0 fully saturated rings. The lowest BCUT2D eigenvalue weighted by Crippen LogP contribution is -2.20. The quantitative estimate of drug-likeness (QED) is 0.386. The maximum atomic E-state index is 12.5. The first-order valence-electron chi connectivity index (χ1n) is 9.98. The lowest BCUT2D eigenvalue weighted by atomic mass is 10.1. The number of para-hydroxylation sites is 2. The molecule has 0 aliphatic heterocycles. The topological polar surface area (TPSA) is 93.3 Å². The molecule has 1 amide bonds. The van der Waals surface area contributed by atoms with Gasteiger partial charge in [-0.2, -0.15) is 0 Å². The van der Waals surface area contributed by atoms with Crippen LogP contribution in [0.15, 0.2) is 76.0 Å². The minimum Gasteiger partial charge on any atom is -0.490 e. The lowest BCUT2D eigenvalue weighted by Gasteiger charge is -2.15. The minimum absolute atomic E-state index is 0.189. The maximum Gasteiger partial charge on any atom is 0.262 e. The molecule has 4 rings (SSSR count). The molecule has 162 valence electrons. The van der Waals surface area contributed by atoms with Crippen LogP contribution in [0.3, 0.4) is 0 Å². The van der Waals surface area contributed by atoms with Crippen molar-refractivity contribution in [2.24, 2.45) is 0 Å². The van der Waals surface area contributed by atoms with E-state index in [9.17, 15) is 9.59 Å². The molecule has 0 aliphatic carbocycles. The van der Waals surface area contributed by atoms with Crippen LogP contribution in [-0.2, 0) is 4.79 Å². The van der Waals surface area contributed by atoms with Crippen LogP contribution < -0.4 is 20.3 Å². The summed E-state index contributed by atoms with van der Waals surface area (Å²) >= 11 is 3.52. The molecule has 8 heteroatoms. The molecular weight excluding hydrogens is 474 g/mol. The van der Waals surface area contributed by atoms with Gasteiger partial charge in [-0.1, -0.05) is 30.3 Å². The number of nitrogens with one attached hydrogen (secondary N) is 2. The summed E-state index contributed by atoms with van der Waals surface area (Å²) in [5, 5.41) is 3.29. The highest BCUT2D eigenvalue weighted by Crippen LogP contribution is 2.37. The zero-order chi connectivity index (χ0) is 22.5. The van der Waals surface area contributed by atoms with Gasteiger partial charge in [0.1, 0.15) is 5.82 Å². The number of hydrogen-bond acceptors (Lipinski definition) is 5. The van der Waals surface area contributed by atoms with Gasteiger partial charge in [0.2, 0.25) is 0 Å². The summed E-state index contributed by atoms with van der Waals surface area (Å²) in [6.07, 6.45) is 0. The number of aromatic nitrogens is 2. The molecular formula is C24H20BrN3O4. The minimum atomic E-state index is -0.292. The fraction of sp³-hybridized carbons (Fsp3) is 0.125.